The van der Waals surface area contributed by atoms with Crippen molar-refractivity contribution in [1.29, 1.82) is 0 Å². The molecule has 0 N–H and O–H groups in total. The topological polar surface area (TPSA) is 3.24 Å². The molecule has 68 valence electrons. The Morgan fingerprint density at radius 2 is 1.55 bits per heavy atom. The van der Waals surface area contributed by atoms with Crippen LogP contribution in [0.25, 0.3) is 0 Å². The van der Waals surface area contributed by atoms with E-state index >= 15 is 0 Å². The summed E-state index contributed by atoms with van der Waals surface area (Å²) in [7, 11) is 4.32. The van der Waals surface area contributed by atoms with E-state index in [1.807, 2.05) is 0 Å². The Kier molecular flexibility index (Phi) is 4.09. The smallest absolute Gasteiger partial charge is 0.0114 e. The second-order valence-corrected chi connectivity index (χ2v) is 4.00. The zero-order valence-electron chi connectivity index (χ0n) is 8.94. The molecule has 1 unspecified atom stereocenters. The van der Waals surface area contributed by atoms with E-state index in [0.717, 1.165) is 0 Å². The Bertz CT molecular complexity index is 103. The van der Waals surface area contributed by atoms with Crippen LogP contribution < -0.4 is 0 Å². The normalized spacial score (nSPS) is 15.5. The third kappa shape index (κ3) is 2.48. The Hall–Kier alpha value is -0.0400. The summed E-state index contributed by atoms with van der Waals surface area (Å²) in [5, 5.41) is 0. The SMILES string of the molecule is CCC(C)(CC)C(C)N(C)C. The van der Waals surface area contributed by atoms with E-state index in [1.165, 1.54) is 12.8 Å². The van der Waals surface area contributed by atoms with E-state index in [-0.39, 0.29) is 0 Å². The fourth-order valence-corrected chi connectivity index (χ4v) is 1.46. The average molecular weight is 157 g/mol. The second kappa shape index (κ2) is 4.10. The fourth-order valence-electron chi connectivity index (χ4n) is 1.46. The monoisotopic (exact) mass is 157 g/mol. The van der Waals surface area contributed by atoms with Gasteiger partial charge >= 0.3 is 0 Å². The third-order valence-corrected chi connectivity index (χ3v) is 3.40. The highest BCUT2D eigenvalue weighted by Gasteiger charge is 2.28. The molecule has 0 bridgehead atoms. The number of hydrogen-bond acceptors (Lipinski definition) is 1. The first-order valence-corrected chi connectivity index (χ1v) is 4.64. The molecular formula is C10H23N. The average Bonchev–Trinajstić information content (AvgIpc) is 2.01. The molecule has 0 fully saturated rings. The lowest BCUT2D eigenvalue weighted by molar-refractivity contribution is 0.122. The van der Waals surface area contributed by atoms with Crippen molar-refractivity contribution in [2.24, 2.45) is 5.41 Å². The van der Waals surface area contributed by atoms with Gasteiger partial charge in [0.1, 0.15) is 0 Å². The van der Waals surface area contributed by atoms with Crippen molar-refractivity contribution in [2.75, 3.05) is 14.1 Å². The van der Waals surface area contributed by atoms with Crippen molar-refractivity contribution in [1.82, 2.24) is 4.90 Å². The van der Waals surface area contributed by atoms with Crippen LogP contribution in [0, 0.1) is 5.41 Å². The van der Waals surface area contributed by atoms with Crippen molar-refractivity contribution in [3.05, 3.63) is 0 Å². The van der Waals surface area contributed by atoms with Gasteiger partial charge in [0, 0.05) is 6.04 Å². The van der Waals surface area contributed by atoms with Crippen LogP contribution in [0.15, 0.2) is 0 Å². The minimum atomic E-state index is 0.490. The number of nitrogens with zero attached hydrogens (tertiary/aromatic N) is 1. The third-order valence-electron chi connectivity index (χ3n) is 3.40. The second-order valence-electron chi connectivity index (χ2n) is 4.00. The molecule has 0 aliphatic carbocycles. The molecular weight excluding hydrogens is 134 g/mol. The van der Waals surface area contributed by atoms with Gasteiger partial charge in [-0.1, -0.05) is 20.8 Å². The van der Waals surface area contributed by atoms with Gasteiger partial charge in [-0.3, -0.25) is 0 Å². The maximum atomic E-state index is 2.37. The molecule has 1 heteroatoms. The number of hydrogen-bond donors (Lipinski definition) is 0. The first-order valence-electron chi connectivity index (χ1n) is 4.64. The molecule has 0 rings (SSSR count). The molecule has 0 aliphatic rings. The molecule has 0 radical (unpaired) electrons. The molecule has 0 aromatic heterocycles. The van der Waals surface area contributed by atoms with Gasteiger partial charge < -0.3 is 4.90 Å². The first kappa shape index (κ1) is 11.0. The zero-order chi connectivity index (χ0) is 9.07. The minimum absolute atomic E-state index is 0.490. The highest BCUT2D eigenvalue weighted by Crippen LogP contribution is 2.31. The van der Waals surface area contributed by atoms with Gasteiger partial charge in [-0.2, -0.15) is 0 Å². The molecule has 0 aliphatic heterocycles. The van der Waals surface area contributed by atoms with Crippen LogP contribution in [0.3, 0.4) is 0 Å². The standard InChI is InChI=1S/C10H23N/c1-7-10(4,8-2)9(3)11(5)6/h9H,7-8H2,1-6H3. The quantitative estimate of drug-likeness (QED) is 0.606. The van der Waals surface area contributed by atoms with E-state index < -0.39 is 0 Å². The summed E-state index contributed by atoms with van der Waals surface area (Å²) >= 11 is 0. The Morgan fingerprint density at radius 3 is 1.64 bits per heavy atom. The van der Waals surface area contributed by atoms with Crippen molar-refractivity contribution < 1.29 is 0 Å². The van der Waals surface area contributed by atoms with E-state index in [0.29, 0.717) is 11.5 Å². The predicted molar refractivity (Wildman–Crippen MR) is 51.8 cm³/mol. The summed E-state index contributed by atoms with van der Waals surface area (Å²) in [6.07, 6.45) is 2.53. The van der Waals surface area contributed by atoms with E-state index in [9.17, 15) is 0 Å². The van der Waals surface area contributed by atoms with Crippen LogP contribution in [-0.2, 0) is 0 Å². The van der Waals surface area contributed by atoms with Crippen molar-refractivity contribution in [3.63, 3.8) is 0 Å². The summed E-state index contributed by atoms with van der Waals surface area (Å²) in [6, 6.07) is 0.678. The van der Waals surface area contributed by atoms with Crippen LogP contribution in [0.4, 0.5) is 0 Å². The van der Waals surface area contributed by atoms with Gasteiger partial charge in [0.2, 0.25) is 0 Å². The highest BCUT2D eigenvalue weighted by atomic mass is 15.1. The Balaban J connectivity index is 4.24. The molecule has 11 heavy (non-hydrogen) atoms. The first-order chi connectivity index (χ1) is 4.98. The minimum Gasteiger partial charge on any atom is -0.306 e. The summed E-state index contributed by atoms with van der Waals surface area (Å²) in [4.78, 5) is 2.31. The predicted octanol–water partition coefficient (Wildman–Crippen LogP) is 2.76. The van der Waals surface area contributed by atoms with Crippen LogP contribution in [0.2, 0.25) is 0 Å². The molecule has 0 amide bonds. The largest absolute Gasteiger partial charge is 0.306 e. The van der Waals surface area contributed by atoms with E-state index in [2.05, 4.69) is 46.7 Å². The molecule has 0 saturated heterocycles. The summed E-state index contributed by atoms with van der Waals surface area (Å²) in [5.41, 5.74) is 0.490. The molecule has 0 aromatic carbocycles. The lowest BCUT2D eigenvalue weighted by Crippen LogP contribution is -2.39. The Morgan fingerprint density at radius 1 is 1.18 bits per heavy atom. The van der Waals surface area contributed by atoms with Crippen molar-refractivity contribution in [2.45, 2.75) is 46.6 Å². The lowest BCUT2D eigenvalue weighted by atomic mass is 9.78. The zero-order valence-corrected chi connectivity index (χ0v) is 8.94. The van der Waals surface area contributed by atoms with Gasteiger partial charge in [-0.15, -0.1) is 0 Å². The molecule has 1 nitrogen and oxygen atoms in total. The molecule has 0 saturated carbocycles. The summed E-state index contributed by atoms with van der Waals surface area (Å²) in [5.74, 6) is 0. The van der Waals surface area contributed by atoms with E-state index in [1.54, 1.807) is 0 Å². The highest BCUT2D eigenvalue weighted by molar-refractivity contribution is 4.81. The van der Waals surface area contributed by atoms with Crippen LogP contribution in [-0.4, -0.2) is 25.0 Å². The van der Waals surface area contributed by atoms with E-state index in [4.69, 9.17) is 0 Å². The maximum Gasteiger partial charge on any atom is 0.0114 e. The van der Waals surface area contributed by atoms with Crippen molar-refractivity contribution >= 4 is 0 Å². The van der Waals surface area contributed by atoms with Crippen LogP contribution >= 0.6 is 0 Å². The number of rotatable bonds is 4. The van der Waals surface area contributed by atoms with Gasteiger partial charge in [-0.05, 0) is 39.3 Å². The van der Waals surface area contributed by atoms with Gasteiger partial charge in [-0.25, -0.2) is 0 Å². The van der Waals surface area contributed by atoms with Gasteiger partial charge in [0.15, 0.2) is 0 Å². The van der Waals surface area contributed by atoms with Crippen LogP contribution in [0.1, 0.15) is 40.5 Å². The Labute approximate surface area is 71.8 Å². The van der Waals surface area contributed by atoms with Gasteiger partial charge in [0.05, 0.1) is 0 Å². The summed E-state index contributed by atoms with van der Waals surface area (Å²) in [6.45, 7) is 9.25. The molecule has 0 heterocycles. The summed E-state index contributed by atoms with van der Waals surface area (Å²) < 4.78 is 0. The van der Waals surface area contributed by atoms with Crippen molar-refractivity contribution in [3.8, 4) is 0 Å². The molecule has 0 spiro atoms. The lowest BCUT2D eigenvalue weighted by Gasteiger charge is -2.38. The molecule has 1 atom stereocenters. The maximum absolute atomic E-state index is 2.37. The van der Waals surface area contributed by atoms with Crippen LogP contribution in [0.5, 0.6) is 0 Å². The molecule has 0 aromatic rings. The van der Waals surface area contributed by atoms with Gasteiger partial charge in [0.25, 0.3) is 0 Å². The fraction of sp³-hybridized carbons (Fsp3) is 1.00.